The molecule has 0 spiro atoms. The Morgan fingerprint density at radius 3 is 2.48 bits per heavy atom. The Morgan fingerprint density at radius 1 is 1.05 bits per heavy atom. The van der Waals surface area contributed by atoms with Gasteiger partial charge in [-0.1, -0.05) is 31.9 Å². The number of rotatable bonds is 4. The van der Waals surface area contributed by atoms with Crippen molar-refractivity contribution in [3.8, 4) is 0 Å². The van der Waals surface area contributed by atoms with Crippen molar-refractivity contribution in [1.82, 2.24) is 14.5 Å². The Labute approximate surface area is 133 Å². The van der Waals surface area contributed by atoms with Gasteiger partial charge in [-0.25, -0.2) is 4.98 Å². The zero-order chi connectivity index (χ0) is 13.8. The summed E-state index contributed by atoms with van der Waals surface area (Å²) >= 11 is 0. The van der Waals surface area contributed by atoms with E-state index < -0.39 is 0 Å². The van der Waals surface area contributed by atoms with Gasteiger partial charge in [0, 0.05) is 6.54 Å². The first kappa shape index (κ1) is 16.3. The number of imidazole rings is 1. The van der Waals surface area contributed by atoms with Gasteiger partial charge in [0.05, 0.1) is 17.6 Å². The fourth-order valence-electron chi connectivity index (χ4n) is 3.21. The largest absolute Gasteiger partial charge is 0.327 e. The van der Waals surface area contributed by atoms with Gasteiger partial charge >= 0.3 is 0 Å². The molecular weight excluding hydrogens is 282 g/mol. The highest BCUT2D eigenvalue weighted by Gasteiger charge is 2.15. The third-order valence-electron chi connectivity index (χ3n) is 4.24. The lowest BCUT2D eigenvalue weighted by atomic mass is 10.2. The van der Waals surface area contributed by atoms with Crippen molar-refractivity contribution in [1.29, 1.82) is 0 Å². The Hall–Kier alpha value is -1.06. The van der Waals surface area contributed by atoms with Gasteiger partial charge in [-0.2, -0.15) is 0 Å². The standard InChI is InChI=1S/C17H25N3.ClH/c1-2-11-20-16-10-6-5-9-15(16)18-17(20)14-19-12-7-3-4-8-13-19;/h5-6,9-10H,2-4,7-8,11-14H2,1H3;1H. The zero-order valence-corrected chi connectivity index (χ0v) is 13.7. The molecule has 0 unspecified atom stereocenters. The maximum atomic E-state index is 4.88. The number of para-hydroxylation sites is 2. The Balaban J connectivity index is 0.00000161. The minimum atomic E-state index is 0. The normalized spacial score (nSPS) is 16.6. The summed E-state index contributed by atoms with van der Waals surface area (Å²) in [5.41, 5.74) is 2.44. The van der Waals surface area contributed by atoms with E-state index in [4.69, 9.17) is 4.98 Å². The zero-order valence-electron chi connectivity index (χ0n) is 12.9. The highest BCUT2D eigenvalue weighted by atomic mass is 35.5. The number of fused-ring (bicyclic) bond motifs is 1. The smallest absolute Gasteiger partial charge is 0.124 e. The number of halogens is 1. The van der Waals surface area contributed by atoms with Crippen LogP contribution in [-0.2, 0) is 13.1 Å². The van der Waals surface area contributed by atoms with Crippen molar-refractivity contribution in [2.24, 2.45) is 0 Å². The molecule has 1 aliphatic rings. The van der Waals surface area contributed by atoms with Crippen molar-refractivity contribution >= 4 is 23.4 Å². The molecule has 0 radical (unpaired) electrons. The molecule has 2 heterocycles. The van der Waals surface area contributed by atoms with E-state index in [0.717, 1.165) is 25.0 Å². The second-order valence-corrected chi connectivity index (χ2v) is 5.86. The maximum absolute atomic E-state index is 4.88. The highest BCUT2D eigenvalue weighted by molar-refractivity contribution is 5.85. The number of hydrogen-bond acceptors (Lipinski definition) is 2. The molecule has 0 atom stereocenters. The summed E-state index contributed by atoms with van der Waals surface area (Å²) in [7, 11) is 0. The Kier molecular flexibility index (Phi) is 6.07. The van der Waals surface area contributed by atoms with Crippen LogP contribution in [0, 0.1) is 0 Å². The van der Waals surface area contributed by atoms with Crippen LogP contribution in [0.5, 0.6) is 0 Å². The molecule has 1 fully saturated rings. The predicted molar refractivity (Wildman–Crippen MR) is 91.0 cm³/mol. The van der Waals surface area contributed by atoms with Crippen LogP contribution in [0.15, 0.2) is 24.3 Å². The van der Waals surface area contributed by atoms with Gasteiger partial charge in [-0.3, -0.25) is 4.90 Å². The molecule has 116 valence electrons. The van der Waals surface area contributed by atoms with E-state index >= 15 is 0 Å². The van der Waals surface area contributed by atoms with E-state index in [1.54, 1.807) is 0 Å². The van der Waals surface area contributed by atoms with Crippen LogP contribution in [-0.4, -0.2) is 27.5 Å². The number of nitrogens with zero attached hydrogens (tertiary/aromatic N) is 3. The van der Waals surface area contributed by atoms with Crippen LogP contribution in [0.3, 0.4) is 0 Å². The molecular formula is C17H26ClN3. The average molecular weight is 308 g/mol. The Morgan fingerprint density at radius 2 is 1.76 bits per heavy atom. The van der Waals surface area contributed by atoms with Crippen molar-refractivity contribution in [2.75, 3.05) is 13.1 Å². The average Bonchev–Trinajstić information content (AvgIpc) is 2.64. The van der Waals surface area contributed by atoms with Gasteiger partial charge in [0.15, 0.2) is 0 Å². The molecule has 1 aromatic heterocycles. The number of aromatic nitrogens is 2. The first-order chi connectivity index (χ1) is 9.88. The maximum Gasteiger partial charge on any atom is 0.124 e. The summed E-state index contributed by atoms with van der Waals surface area (Å²) in [4.78, 5) is 7.46. The third-order valence-corrected chi connectivity index (χ3v) is 4.24. The monoisotopic (exact) mass is 307 g/mol. The summed E-state index contributed by atoms with van der Waals surface area (Å²) < 4.78 is 2.42. The van der Waals surface area contributed by atoms with E-state index in [-0.39, 0.29) is 12.4 Å². The molecule has 3 nitrogen and oxygen atoms in total. The molecule has 0 N–H and O–H groups in total. The number of benzene rings is 1. The summed E-state index contributed by atoms with van der Waals surface area (Å²) in [6.45, 7) is 6.79. The Bertz CT molecular complexity index is 556. The molecule has 4 heteroatoms. The lowest BCUT2D eigenvalue weighted by Crippen LogP contribution is -2.26. The van der Waals surface area contributed by atoms with Crippen LogP contribution in [0.4, 0.5) is 0 Å². The van der Waals surface area contributed by atoms with E-state index in [2.05, 4.69) is 40.7 Å². The molecule has 0 aliphatic carbocycles. The van der Waals surface area contributed by atoms with Crippen LogP contribution in [0.1, 0.15) is 44.9 Å². The van der Waals surface area contributed by atoms with Crippen LogP contribution in [0.2, 0.25) is 0 Å². The first-order valence-electron chi connectivity index (χ1n) is 8.05. The first-order valence-corrected chi connectivity index (χ1v) is 8.05. The van der Waals surface area contributed by atoms with Crippen molar-refractivity contribution in [3.05, 3.63) is 30.1 Å². The van der Waals surface area contributed by atoms with Crippen molar-refractivity contribution < 1.29 is 0 Å². The molecule has 0 bridgehead atoms. The third kappa shape index (κ3) is 3.78. The molecule has 2 aromatic rings. The molecule has 0 saturated carbocycles. The van der Waals surface area contributed by atoms with Gasteiger partial charge in [-0.15, -0.1) is 12.4 Å². The summed E-state index contributed by atoms with van der Waals surface area (Å²) in [5, 5.41) is 0. The molecule has 3 rings (SSSR count). The van der Waals surface area contributed by atoms with E-state index in [1.807, 2.05) is 0 Å². The minimum Gasteiger partial charge on any atom is -0.327 e. The van der Waals surface area contributed by atoms with E-state index in [1.165, 1.54) is 50.1 Å². The van der Waals surface area contributed by atoms with Crippen molar-refractivity contribution in [2.45, 2.75) is 52.1 Å². The molecule has 1 aromatic carbocycles. The van der Waals surface area contributed by atoms with Crippen LogP contribution < -0.4 is 0 Å². The number of likely N-dealkylation sites (tertiary alicyclic amines) is 1. The van der Waals surface area contributed by atoms with Crippen LogP contribution >= 0.6 is 12.4 Å². The number of aryl methyl sites for hydroxylation is 1. The summed E-state index contributed by atoms with van der Waals surface area (Å²) in [6, 6.07) is 8.53. The number of hydrogen-bond donors (Lipinski definition) is 0. The second kappa shape index (κ2) is 7.81. The minimum absolute atomic E-state index is 0. The van der Waals surface area contributed by atoms with Gasteiger partial charge in [0.25, 0.3) is 0 Å². The fraction of sp³-hybridized carbons (Fsp3) is 0.588. The van der Waals surface area contributed by atoms with Gasteiger partial charge < -0.3 is 4.57 Å². The topological polar surface area (TPSA) is 21.1 Å². The van der Waals surface area contributed by atoms with Gasteiger partial charge in [0.2, 0.25) is 0 Å². The molecule has 1 saturated heterocycles. The lowest BCUT2D eigenvalue weighted by molar-refractivity contribution is 0.266. The fourth-order valence-corrected chi connectivity index (χ4v) is 3.21. The second-order valence-electron chi connectivity index (χ2n) is 5.86. The quantitative estimate of drug-likeness (QED) is 0.842. The van der Waals surface area contributed by atoms with Gasteiger partial charge in [0.1, 0.15) is 5.82 Å². The van der Waals surface area contributed by atoms with Crippen LogP contribution in [0.25, 0.3) is 11.0 Å². The molecule has 1 aliphatic heterocycles. The molecule has 21 heavy (non-hydrogen) atoms. The predicted octanol–water partition coefficient (Wildman–Crippen LogP) is 4.24. The SMILES string of the molecule is CCCn1c(CN2CCCCCC2)nc2ccccc21.Cl. The highest BCUT2D eigenvalue weighted by Crippen LogP contribution is 2.19. The van der Waals surface area contributed by atoms with Crippen molar-refractivity contribution in [3.63, 3.8) is 0 Å². The summed E-state index contributed by atoms with van der Waals surface area (Å²) in [5.74, 6) is 1.25. The van der Waals surface area contributed by atoms with E-state index in [9.17, 15) is 0 Å². The van der Waals surface area contributed by atoms with E-state index in [0.29, 0.717) is 0 Å². The molecule has 0 amide bonds. The van der Waals surface area contributed by atoms with Gasteiger partial charge in [-0.05, 0) is 44.5 Å². The summed E-state index contributed by atoms with van der Waals surface area (Å²) in [6.07, 6.45) is 6.62. The lowest BCUT2D eigenvalue weighted by Gasteiger charge is -2.20.